The first-order valence-electron chi connectivity index (χ1n) is 7.52. The average Bonchev–Trinajstić information content (AvgIpc) is 2.58. The summed E-state index contributed by atoms with van der Waals surface area (Å²) in [5.41, 5.74) is 1.04. The maximum absolute atomic E-state index is 12.1. The van der Waals surface area contributed by atoms with Gasteiger partial charge in [-0.25, -0.2) is 0 Å². The molecule has 24 heavy (non-hydrogen) atoms. The van der Waals surface area contributed by atoms with E-state index < -0.39 is 6.10 Å². The third-order valence-electron chi connectivity index (χ3n) is 3.46. The Bertz CT molecular complexity index is 706. The molecular formula is C18H19Cl2NO3. The van der Waals surface area contributed by atoms with E-state index in [2.05, 4.69) is 5.32 Å². The number of para-hydroxylation sites is 1. The standard InChI is InChI=1S/C18H19Cl2NO3/c1-12(24-14-7-8-15(19)16(20)11-14)18(22)21-10-9-13-5-3-4-6-17(13)23-2/h3-8,11-12H,9-10H2,1-2H3,(H,21,22). The highest BCUT2D eigenvalue weighted by Gasteiger charge is 2.15. The van der Waals surface area contributed by atoms with Gasteiger partial charge in [0.25, 0.3) is 5.91 Å². The lowest BCUT2D eigenvalue weighted by molar-refractivity contribution is -0.127. The van der Waals surface area contributed by atoms with Crippen LogP contribution in [0.15, 0.2) is 42.5 Å². The lowest BCUT2D eigenvalue weighted by Gasteiger charge is -2.15. The predicted molar refractivity (Wildman–Crippen MR) is 96.3 cm³/mol. The number of halogens is 2. The quantitative estimate of drug-likeness (QED) is 0.800. The molecule has 1 N–H and O–H groups in total. The summed E-state index contributed by atoms with van der Waals surface area (Å²) in [6.07, 6.45) is 0.0369. The Kier molecular flexibility index (Phi) is 6.76. The van der Waals surface area contributed by atoms with Gasteiger partial charge in [-0.2, -0.15) is 0 Å². The van der Waals surface area contributed by atoms with E-state index in [4.69, 9.17) is 32.7 Å². The van der Waals surface area contributed by atoms with Crippen LogP contribution in [0.3, 0.4) is 0 Å². The topological polar surface area (TPSA) is 47.6 Å². The van der Waals surface area contributed by atoms with E-state index in [0.29, 0.717) is 28.8 Å². The first kappa shape index (κ1) is 18.4. The molecule has 0 saturated heterocycles. The molecule has 2 rings (SSSR count). The van der Waals surface area contributed by atoms with Crippen molar-refractivity contribution in [2.75, 3.05) is 13.7 Å². The molecule has 0 heterocycles. The summed E-state index contributed by atoms with van der Waals surface area (Å²) >= 11 is 11.8. The molecule has 0 aliphatic carbocycles. The van der Waals surface area contributed by atoms with Gasteiger partial charge in [0.15, 0.2) is 6.10 Å². The maximum Gasteiger partial charge on any atom is 0.260 e. The molecule has 0 fully saturated rings. The van der Waals surface area contributed by atoms with E-state index in [1.807, 2.05) is 24.3 Å². The van der Waals surface area contributed by atoms with Crippen molar-refractivity contribution in [1.29, 1.82) is 0 Å². The second kappa shape index (κ2) is 8.81. The minimum Gasteiger partial charge on any atom is -0.496 e. The monoisotopic (exact) mass is 367 g/mol. The number of carbonyl (C=O) groups excluding carboxylic acids is 1. The molecule has 1 unspecified atom stereocenters. The van der Waals surface area contributed by atoms with Crippen LogP contribution in [0.25, 0.3) is 0 Å². The Hall–Kier alpha value is -1.91. The van der Waals surface area contributed by atoms with Gasteiger partial charge in [-0.3, -0.25) is 4.79 Å². The molecule has 2 aromatic carbocycles. The van der Waals surface area contributed by atoms with E-state index >= 15 is 0 Å². The summed E-state index contributed by atoms with van der Waals surface area (Å²) in [6.45, 7) is 2.18. The normalized spacial score (nSPS) is 11.7. The van der Waals surface area contributed by atoms with Gasteiger partial charge in [0.2, 0.25) is 0 Å². The highest BCUT2D eigenvalue weighted by Crippen LogP contribution is 2.26. The van der Waals surface area contributed by atoms with Crippen LogP contribution in [0, 0.1) is 0 Å². The third kappa shape index (κ3) is 5.05. The van der Waals surface area contributed by atoms with Crippen LogP contribution in [0.5, 0.6) is 11.5 Å². The molecule has 0 radical (unpaired) electrons. The van der Waals surface area contributed by atoms with Crippen LogP contribution in [0.2, 0.25) is 10.0 Å². The van der Waals surface area contributed by atoms with E-state index in [-0.39, 0.29) is 5.91 Å². The summed E-state index contributed by atoms with van der Waals surface area (Å²) in [5, 5.41) is 3.68. The first-order chi connectivity index (χ1) is 11.5. The number of amides is 1. The van der Waals surface area contributed by atoms with Crippen LogP contribution in [-0.2, 0) is 11.2 Å². The molecule has 1 amide bonds. The molecule has 2 aromatic rings. The lowest BCUT2D eigenvalue weighted by Crippen LogP contribution is -2.37. The molecule has 0 aromatic heterocycles. The van der Waals surface area contributed by atoms with Crippen LogP contribution in [-0.4, -0.2) is 25.7 Å². The number of carbonyl (C=O) groups is 1. The van der Waals surface area contributed by atoms with Crippen molar-refractivity contribution in [2.24, 2.45) is 0 Å². The molecule has 0 aliphatic rings. The van der Waals surface area contributed by atoms with Crippen molar-refractivity contribution < 1.29 is 14.3 Å². The molecule has 0 bridgehead atoms. The Morgan fingerprint density at radius 1 is 1.17 bits per heavy atom. The number of benzene rings is 2. The fourth-order valence-corrected chi connectivity index (χ4v) is 2.47. The zero-order valence-corrected chi connectivity index (χ0v) is 15.0. The lowest BCUT2D eigenvalue weighted by atomic mass is 10.1. The molecular weight excluding hydrogens is 349 g/mol. The fourth-order valence-electron chi connectivity index (χ4n) is 2.18. The number of hydrogen-bond acceptors (Lipinski definition) is 3. The van der Waals surface area contributed by atoms with E-state index in [0.717, 1.165) is 11.3 Å². The minimum atomic E-state index is -0.639. The predicted octanol–water partition coefficient (Wildman–Crippen LogP) is 4.13. The summed E-state index contributed by atoms with van der Waals surface area (Å²) in [6, 6.07) is 12.6. The number of rotatable bonds is 7. The van der Waals surface area contributed by atoms with Gasteiger partial charge in [-0.1, -0.05) is 41.4 Å². The van der Waals surface area contributed by atoms with Crippen molar-refractivity contribution in [3.63, 3.8) is 0 Å². The number of ether oxygens (including phenoxy) is 2. The van der Waals surface area contributed by atoms with Crippen molar-refractivity contribution >= 4 is 29.1 Å². The van der Waals surface area contributed by atoms with Gasteiger partial charge in [-0.15, -0.1) is 0 Å². The van der Waals surface area contributed by atoms with Gasteiger partial charge < -0.3 is 14.8 Å². The second-order valence-corrected chi connectivity index (χ2v) is 6.00. The Balaban J connectivity index is 1.84. The van der Waals surface area contributed by atoms with Gasteiger partial charge in [0.1, 0.15) is 11.5 Å². The maximum atomic E-state index is 12.1. The molecule has 128 valence electrons. The molecule has 1 atom stereocenters. The Labute approximate surface area is 151 Å². The van der Waals surface area contributed by atoms with Crippen LogP contribution >= 0.6 is 23.2 Å². The molecule has 4 nitrogen and oxygen atoms in total. The minimum absolute atomic E-state index is 0.198. The van der Waals surface area contributed by atoms with Gasteiger partial charge >= 0.3 is 0 Å². The Morgan fingerprint density at radius 2 is 1.92 bits per heavy atom. The summed E-state index contributed by atoms with van der Waals surface area (Å²) in [5.74, 6) is 1.11. The van der Waals surface area contributed by atoms with E-state index in [9.17, 15) is 4.79 Å². The molecule has 0 spiro atoms. The SMILES string of the molecule is COc1ccccc1CCNC(=O)C(C)Oc1ccc(Cl)c(Cl)c1. The summed E-state index contributed by atoms with van der Waals surface area (Å²) in [7, 11) is 1.63. The highest BCUT2D eigenvalue weighted by molar-refractivity contribution is 6.42. The van der Waals surface area contributed by atoms with Gasteiger partial charge in [0, 0.05) is 12.6 Å². The molecule has 0 saturated carbocycles. The molecule has 0 aliphatic heterocycles. The van der Waals surface area contributed by atoms with E-state index in [1.165, 1.54) is 0 Å². The van der Waals surface area contributed by atoms with Crippen molar-refractivity contribution in [3.8, 4) is 11.5 Å². The molecule has 6 heteroatoms. The largest absolute Gasteiger partial charge is 0.496 e. The van der Waals surface area contributed by atoms with Crippen molar-refractivity contribution in [1.82, 2.24) is 5.32 Å². The summed E-state index contributed by atoms with van der Waals surface area (Å²) < 4.78 is 10.9. The van der Waals surface area contributed by atoms with Crippen LogP contribution in [0.4, 0.5) is 0 Å². The smallest absolute Gasteiger partial charge is 0.260 e. The van der Waals surface area contributed by atoms with Gasteiger partial charge in [-0.05, 0) is 37.1 Å². The average molecular weight is 368 g/mol. The number of methoxy groups -OCH3 is 1. The number of nitrogens with one attached hydrogen (secondary N) is 1. The van der Waals surface area contributed by atoms with Crippen LogP contribution in [0.1, 0.15) is 12.5 Å². The fraction of sp³-hybridized carbons (Fsp3) is 0.278. The zero-order valence-electron chi connectivity index (χ0n) is 13.5. The van der Waals surface area contributed by atoms with Crippen LogP contribution < -0.4 is 14.8 Å². The van der Waals surface area contributed by atoms with Crippen molar-refractivity contribution in [2.45, 2.75) is 19.4 Å². The zero-order chi connectivity index (χ0) is 17.5. The van der Waals surface area contributed by atoms with Crippen molar-refractivity contribution in [3.05, 3.63) is 58.1 Å². The number of hydrogen-bond donors (Lipinski definition) is 1. The summed E-state index contributed by atoms with van der Waals surface area (Å²) in [4.78, 5) is 12.1. The van der Waals surface area contributed by atoms with Gasteiger partial charge in [0.05, 0.1) is 17.2 Å². The third-order valence-corrected chi connectivity index (χ3v) is 4.20. The van der Waals surface area contributed by atoms with E-state index in [1.54, 1.807) is 32.2 Å². The first-order valence-corrected chi connectivity index (χ1v) is 8.28. The Morgan fingerprint density at radius 3 is 2.62 bits per heavy atom. The second-order valence-electron chi connectivity index (χ2n) is 5.19. The highest BCUT2D eigenvalue weighted by atomic mass is 35.5.